The van der Waals surface area contributed by atoms with Crippen LogP contribution in [-0.4, -0.2) is 20.2 Å². The van der Waals surface area contributed by atoms with Crippen molar-refractivity contribution in [2.45, 2.75) is 4.90 Å². The molecule has 0 unspecified atom stereocenters. The van der Waals surface area contributed by atoms with E-state index in [-0.39, 0.29) is 26.7 Å². The van der Waals surface area contributed by atoms with Gasteiger partial charge in [-0.25, -0.2) is 17.2 Å². The molecule has 0 aromatic heterocycles. The molecule has 0 saturated carbocycles. The van der Waals surface area contributed by atoms with Crippen molar-refractivity contribution in [3.05, 3.63) is 94.5 Å². The molecular weight excluding hydrogens is 452 g/mol. The summed E-state index contributed by atoms with van der Waals surface area (Å²) in [6, 6.07) is 12.6. The molecule has 0 aliphatic rings. The standard InChI is InChI=1S/C20H14ClF2N3O4S/c21-17-10-3-13(20(28)25-24-19(27)12-1-4-14(22)5-2-12)11-18(17)26-31(29,30)16-8-6-15(23)7-9-16/h1-11,26H,(H,24,27)(H,25,28). The fourth-order valence-corrected chi connectivity index (χ4v) is 3.71. The molecule has 0 spiro atoms. The monoisotopic (exact) mass is 465 g/mol. The Morgan fingerprint density at radius 3 is 1.81 bits per heavy atom. The van der Waals surface area contributed by atoms with Crippen LogP contribution >= 0.6 is 11.6 Å². The lowest BCUT2D eigenvalue weighted by Gasteiger charge is -2.12. The fraction of sp³-hybridized carbons (Fsp3) is 0. The molecule has 0 bridgehead atoms. The first kappa shape index (κ1) is 22.2. The van der Waals surface area contributed by atoms with Crippen LogP contribution in [0.5, 0.6) is 0 Å². The molecule has 0 heterocycles. The molecule has 0 fully saturated rings. The molecule has 0 aliphatic carbocycles. The molecule has 3 rings (SSSR count). The first-order valence-electron chi connectivity index (χ1n) is 8.60. The second-order valence-electron chi connectivity index (χ2n) is 6.17. The average Bonchev–Trinajstić information content (AvgIpc) is 2.74. The second-order valence-corrected chi connectivity index (χ2v) is 8.26. The highest BCUT2D eigenvalue weighted by molar-refractivity contribution is 7.92. The van der Waals surface area contributed by atoms with E-state index in [1.54, 1.807) is 0 Å². The normalized spacial score (nSPS) is 10.9. The Labute approximate surface area is 181 Å². The SMILES string of the molecule is O=C(NNC(=O)c1ccc(Cl)c(NS(=O)(=O)c2ccc(F)cc2)c1)c1ccc(F)cc1. The van der Waals surface area contributed by atoms with E-state index in [1.165, 1.54) is 30.3 Å². The molecule has 3 N–H and O–H groups in total. The lowest BCUT2D eigenvalue weighted by molar-refractivity contribution is 0.0846. The van der Waals surface area contributed by atoms with Crippen molar-refractivity contribution >= 4 is 39.1 Å². The van der Waals surface area contributed by atoms with Crippen LogP contribution < -0.4 is 15.6 Å². The maximum Gasteiger partial charge on any atom is 0.269 e. The number of sulfonamides is 1. The van der Waals surface area contributed by atoms with Crippen LogP contribution in [0.25, 0.3) is 0 Å². The number of carbonyl (C=O) groups excluding carboxylic acids is 2. The molecule has 0 aliphatic heterocycles. The van der Waals surface area contributed by atoms with Gasteiger partial charge in [0.05, 0.1) is 15.6 Å². The number of anilines is 1. The third-order valence-corrected chi connectivity index (χ3v) is 5.70. The summed E-state index contributed by atoms with van der Waals surface area (Å²) in [7, 11) is -4.09. The van der Waals surface area contributed by atoms with Crippen molar-refractivity contribution in [2.75, 3.05) is 4.72 Å². The largest absolute Gasteiger partial charge is 0.278 e. The number of nitrogens with one attached hydrogen (secondary N) is 3. The van der Waals surface area contributed by atoms with Gasteiger partial charge in [-0.1, -0.05) is 11.6 Å². The van der Waals surface area contributed by atoms with E-state index in [2.05, 4.69) is 15.6 Å². The first-order chi connectivity index (χ1) is 14.7. The van der Waals surface area contributed by atoms with E-state index in [0.29, 0.717) is 0 Å². The molecule has 160 valence electrons. The number of halogens is 3. The smallest absolute Gasteiger partial charge is 0.269 e. The van der Waals surface area contributed by atoms with Crippen molar-refractivity contribution in [3.63, 3.8) is 0 Å². The number of hydrogen-bond acceptors (Lipinski definition) is 4. The number of amides is 2. The van der Waals surface area contributed by atoms with Crippen molar-refractivity contribution in [2.24, 2.45) is 0 Å². The van der Waals surface area contributed by atoms with Gasteiger partial charge in [0.25, 0.3) is 21.8 Å². The number of rotatable bonds is 5. The van der Waals surface area contributed by atoms with Crippen LogP contribution in [-0.2, 0) is 10.0 Å². The molecule has 7 nitrogen and oxygen atoms in total. The van der Waals surface area contributed by atoms with Crippen LogP contribution in [0.4, 0.5) is 14.5 Å². The van der Waals surface area contributed by atoms with Crippen molar-refractivity contribution in [3.8, 4) is 0 Å². The summed E-state index contributed by atoms with van der Waals surface area (Å²) in [4.78, 5) is 24.1. The zero-order valence-corrected chi connectivity index (χ0v) is 17.1. The van der Waals surface area contributed by atoms with Gasteiger partial charge < -0.3 is 0 Å². The zero-order chi connectivity index (χ0) is 22.6. The highest BCUT2D eigenvalue weighted by Crippen LogP contribution is 2.26. The van der Waals surface area contributed by atoms with Crippen LogP contribution in [0.3, 0.4) is 0 Å². The minimum absolute atomic E-state index is 0.0117. The fourth-order valence-electron chi connectivity index (χ4n) is 2.42. The minimum Gasteiger partial charge on any atom is -0.278 e. The second kappa shape index (κ2) is 9.11. The van der Waals surface area contributed by atoms with E-state index in [0.717, 1.165) is 36.4 Å². The molecule has 31 heavy (non-hydrogen) atoms. The van der Waals surface area contributed by atoms with Gasteiger partial charge in [-0.3, -0.25) is 25.2 Å². The summed E-state index contributed by atoms with van der Waals surface area (Å²) in [5.74, 6) is -2.55. The lowest BCUT2D eigenvalue weighted by atomic mass is 10.2. The van der Waals surface area contributed by atoms with Gasteiger partial charge in [0.1, 0.15) is 11.6 Å². The highest BCUT2D eigenvalue weighted by atomic mass is 35.5. The molecule has 11 heteroatoms. The van der Waals surface area contributed by atoms with E-state index >= 15 is 0 Å². The average molecular weight is 466 g/mol. The molecule has 3 aromatic carbocycles. The Morgan fingerprint density at radius 1 is 0.742 bits per heavy atom. The van der Waals surface area contributed by atoms with E-state index in [1.807, 2.05) is 0 Å². The van der Waals surface area contributed by atoms with Gasteiger partial charge >= 0.3 is 0 Å². The minimum atomic E-state index is -4.09. The number of hydrogen-bond donors (Lipinski definition) is 3. The molecule has 3 aromatic rings. The molecule has 2 amide bonds. The Hall–Kier alpha value is -3.50. The van der Waals surface area contributed by atoms with Crippen molar-refractivity contribution in [1.29, 1.82) is 0 Å². The summed E-state index contributed by atoms with van der Waals surface area (Å²) in [6.45, 7) is 0. The molecule has 0 saturated heterocycles. The van der Waals surface area contributed by atoms with E-state index in [9.17, 15) is 26.8 Å². The molecule has 0 atom stereocenters. The summed E-state index contributed by atoms with van der Waals surface area (Å²) >= 11 is 6.02. The number of benzene rings is 3. The predicted molar refractivity (Wildman–Crippen MR) is 110 cm³/mol. The van der Waals surface area contributed by atoms with Crippen molar-refractivity contribution < 1.29 is 26.8 Å². The van der Waals surface area contributed by atoms with E-state index in [4.69, 9.17) is 11.6 Å². The van der Waals surface area contributed by atoms with Gasteiger partial charge in [0.2, 0.25) is 0 Å². The third kappa shape index (κ3) is 5.56. The predicted octanol–water partition coefficient (Wildman–Crippen LogP) is 3.49. The third-order valence-electron chi connectivity index (χ3n) is 3.99. The Kier molecular flexibility index (Phi) is 6.52. The first-order valence-corrected chi connectivity index (χ1v) is 10.5. The lowest BCUT2D eigenvalue weighted by Crippen LogP contribution is -2.41. The Bertz CT molecular complexity index is 1230. The Balaban J connectivity index is 1.72. The molecular formula is C20H14ClF2N3O4S. The zero-order valence-electron chi connectivity index (χ0n) is 15.5. The number of hydrazine groups is 1. The highest BCUT2D eigenvalue weighted by Gasteiger charge is 2.18. The number of carbonyl (C=O) groups is 2. The van der Waals surface area contributed by atoms with Crippen LogP contribution in [0.1, 0.15) is 20.7 Å². The quantitative estimate of drug-likeness (QED) is 0.502. The van der Waals surface area contributed by atoms with Gasteiger partial charge in [0, 0.05) is 11.1 Å². The Morgan fingerprint density at radius 2 is 1.23 bits per heavy atom. The maximum atomic E-state index is 13.0. The van der Waals surface area contributed by atoms with Gasteiger partial charge in [-0.15, -0.1) is 0 Å². The van der Waals surface area contributed by atoms with Crippen LogP contribution in [0.2, 0.25) is 5.02 Å². The summed E-state index contributed by atoms with van der Waals surface area (Å²) in [5, 5.41) is 0.0117. The van der Waals surface area contributed by atoms with Gasteiger partial charge in [-0.2, -0.15) is 0 Å². The van der Waals surface area contributed by atoms with Crippen molar-refractivity contribution in [1.82, 2.24) is 10.9 Å². The summed E-state index contributed by atoms with van der Waals surface area (Å²) < 4.78 is 53.1. The summed E-state index contributed by atoms with van der Waals surface area (Å²) in [6.07, 6.45) is 0. The topological polar surface area (TPSA) is 104 Å². The van der Waals surface area contributed by atoms with Crippen LogP contribution in [0, 0.1) is 11.6 Å². The van der Waals surface area contributed by atoms with E-state index < -0.39 is 33.5 Å². The van der Waals surface area contributed by atoms with Gasteiger partial charge in [-0.05, 0) is 66.7 Å². The summed E-state index contributed by atoms with van der Waals surface area (Å²) in [5.41, 5.74) is 4.34. The van der Waals surface area contributed by atoms with Crippen LogP contribution in [0.15, 0.2) is 71.6 Å². The molecule has 0 radical (unpaired) electrons. The van der Waals surface area contributed by atoms with Gasteiger partial charge in [0.15, 0.2) is 0 Å². The maximum absolute atomic E-state index is 13.0.